The van der Waals surface area contributed by atoms with Crippen LogP contribution in [0.5, 0.6) is 0 Å². The molecule has 55 heavy (non-hydrogen) atoms. The van der Waals surface area contributed by atoms with Crippen molar-refractivity contribution in [2.75, 3.05) is 26.4 Å². The van der Waals surface area contributed by atoms with Crippen LogP contribution in [0.3, 0.4) is 0 Å². The van der Waals surface area contributed by atoms with Gasteiger partial charge in [0.05, 0.1) is 39.3 Å². The largest absolute Gasteiger partial charge is 0.466 e. The first kappa shape index (κ1) is 48.9. The third-order valence-corrected chi connectivity index (χ3v) is 11.6. The van der Waals surface area contributed by atoms with Crippen molar-refractivity contribution in [3.8, 4) is 0 Å². The molecule has 0 aromatic heterocycles. The van der Waals surface area contributed by atoms with Gasteiger partial charge >= 0.3 is 23.9 Å². The maximum absolute atomic E-state index is 13.1. The summed E-state index contributed by atoms with van der Waals surface area (Å²) in [4.78, 5) is 51.6. The van der Waals surface area contributed by atoms with Crippen molar-refractivity contribution < 1.29 is 38.1 Å². The molecule has 0 saturated heterocycles. The molecule has 0 spiro atoms. The molecular weight excluding hydrogens is 697 g/mol. The van der Waals surface area contributed by atoms with Crippen LogP contribution in [0.2, 0.25) is 0 Å². The van der Waals surface area contributed by atoms with Crippen molar-refractivity contribution in [3.05, 3.63) is 0 Å². The molecule has 2 aliphatic carbocycles. The lowest BCUT2D eigenvalue weighted by Crippen LogP contribution is -2.47. The first-order valence-electron chi connectivity index (χ1n) is 23.0. The zero-order chi connectivity index (χ0) is 39.9. The van der Waals surface area contributed by atoms with Crippen molar-refractivity contribution in [1.29, 1.82) is 0 Å². The molecule has 0 radical (unpaired) electrons. The third-order valence-electron chi connectivity index (χ3n) is 11.6. The molecule has 2 fully saturated rings. The van der Waals surface area contributed by atoms with E-state index in [1.807, 2.05) is 0 Å². The maximum atomic E-state index is 13.1. The normalized spacial score (nSPS) is 21.0. The van der Waals surface area contributed by atoms with E-state index in [2.05, 4.69) is 38.3 Å². The second kappa shape index (κ2) is 31.8. The van der Waals surface area contributed by atoms with Crippen LogP contribution in [0.15, 0.2) is 0 Å². The number of unbranched alkanes of at least 4 members (excludes halogenated alkanes) is 12. The van der Waals surface area contributed by atoms with Crippen LogP contribution in [-0.4, -0.2) is 74.5 Å². The minimum absolute atomic E-state index is 0.0105. The lowest BCUT2D eigenvalue weighted by Gasteiger charge is -2.36. The standard InChI is InChI=1S/C45H82N2O8/c1-5-9-13-17-29-52-42(48)34-40(44(50)54-31-19-15-11-7-3)46-38-25-21-36(22-26-38)33-37-23-27-39(28-24-37)47-41(45(51)55-32-20-16-12-8-4)35-43(49)53-30-18-14-10-6-2/h36-41,46-47H,5-35H2,1-4H3/t36?,37?,38?,39?,40-,41-/m0/s1. The van der Waals surface area contributed by atoms with E-state index >= 15 is 0 Å². The third kappa shape index (κ3) is 23.6. The molecular formula is C45H82N2O8. The van der Waals surface area contributed by atoms with Crippen LogP contribution in [0.1, 0.15) is 201 Å². The molecule has 0 aliphatic heterocycles. The zero-order valence-corrected chi connectivity index (χ0v) is 35.7. The molecule has 10 heteroatoms. The highest BCUT2D eigenvalue weighted by molar-refractivity contribution is 5.83. The summed E-state index contributed by atoms with van der Waals surface area (Å²) in [7, 11) is 0. The summed E-state index contributed by atoms with van der Waals surface area (Å²) >= 11 is 0. The molecule has 0 bridgehead atoms. The highest BCUT2D eigenvalue weighted by atomic mass is 16.5. The lowest BCUT2D eigenvalue weighted by atomic mass is 9.75. The minimum Gasteiger partial charge on any atom is -0.466 e. The molecule has 320 valence electrons. The Morgan fingerprint density at radius 2 is 0.745 bits per heavy atom. The van der Waals surface area contributed by atoms with Gasteiger partial charge in [0, 0.05) is 12.1 Å². The van der Waals surface area contributed by atoms with Gasteiger partial charge in [0.15, 0.2) is 0 Å². The van der Waals surface area contributed by atoms with Gasteiger partial charge in [-0.2, -0.15) is 0 Å². The van der Waals surface area contributed by atoms with Gasteiger partial charge in [0.1, 0.15) is 12.1 Å². The number of ether oxygens (including phenoxy) is 4. The van der Waals surface area contributed by atoms with Crippen molar-refractivity contribution in [2.45, 2.75) is 225 Å². The van der Waals surface area contributed by atoms with E-state index in [1.165, 1.54) is 6.42 Å². The molecule has 0 amide bonds. The fraction of sp³-hybridized carbons (Fsp3) is 0.911. The topological polar surface area (TPSA) is 129 Å². The van der Waals surface area contributed by atoms with Crippen LogP contribution < -0.4 is 10.6 Å². The zero-order valence-electron chi connectivity index (χ0n) is 35.7. The molecule has 2 saturated carbocycles. The first-order valence-corrected chi connectivity index (χ1v) is 23.0. The Hall–Kier alpha value is -2.20. The Bertz CT molecular complexity index is 931. The Morgan fingerprint density at radius 1 is 0.436 bits per heavy atom. The first-order chi connectivity index (χ1) is 26.8. The highest BCUT2D eigenvalue weighted by Gasteiger charge is 2.33. The average molecular weight is 779 g/mol. The van der Waals surface area contributed by atoms with Gasteiger partial charge in [0.25, 0.3) is 0 Å². The number of carbonyl (C=O) groups is 4. The van der Waals surface area contributed by atoms with E-state index in [1.54, 1.807) is 0 Å². The van der Waals surface area contributed by atoms with Gasteiger partial charge in [-0.1, -0.05) is 105 Å². The van der Waals surface area contributed by atoms with E-state index in [0.717, 1.165) is 154 Å². The molecule has 0 aromatic carbocycles. The SMILES string of the molecule is CCCCCCOC(=O)C[C@H](NC1CCC(CC2CCC(N[C@@H](CC(=O)OCCCCCC)C(=O)OCCCCCC)CC2)CC1)C(=O)OCCCCCC. The van der Waals surface area contributed by atoms with Gasteiger partial charge in [-0.05, 0) is 95.3 Å². The molecule has 10 nitrogen and oxygen atoms in total. The summed E-state index contributed by atoms with van der Waals surface area (Å²) in [6.45, 7) is 10.2. The van der Waals surface area contributed by atoms with Crippen LogP contribution in [0.4, 0.5) is 0 Å². The number of esters is 4. The number of hydrogen-bond donors (Lipinski definition) is 2. The quantitative estimate of drug-likeness (QED) is 0.0387. The summed E-state index contributed by atoms with van der Waals surface area (Å²) in [6, 6.07) is -0.989. The van der Waals surface area contributed by atoms with Crippen molar-refractivity contribution in [3.63, 3.8) is 0 Å². The second-order valence-corrected chi connectivity index (χ2v) is 16.5. The van der Waals surface area contributed by atoms with Gasteiger partial charge in [-0.15, -0.1) is 0 Å². The maximum Gasteiger partial charge on any atom is 0.323 e. The predicted octanol–water partition coefficient (Wildman–Crippen LogP) is 9.68. The summed E-state index contributed by atoms with van der Waals surface area (Å²) in [5.41, 5.74) is 0. The van der Waals surface area contributed by atoms with Gasteiger partial charge < -0.3 is 29.6 Å². The van der Waals surface area contributed by atoms with E-state index in [9.17, 15) is 19.2 Å². The van der Waals surface area contributed by atoms with Gasteiger partial charge in [0.2, 0.25) is 0 Å². The van der Waals surface area contributed by atoms with Crippen LogP contribution >= 0.6 is 0 Å². The predicted molar refractivity (Wildman–Crippen MR) is 220 cm³/mol. The molecule has 2 aliphatic rings. The number of carbonyl (C=O) groups excluding carboxylic acids is 4. The molecule has 0 aromatic rings. The minimum atomic E-state index is -0.673. The molecule has 0 heterocycles. The Balaban J connectivity index is 1.81. The molecule has 0 unspecified atom stereocenters. The van der Waals surface area contributed by atoms with E-state index in [0.29, 0.717) is 38.3 Å². The fourth-order valence-electron chi connectivity index (χ4n) is 8.08. The fourth-order valence-corrected chi connectivity index (χ4v) is 8.08. The van der Waals surface area contributed by atoms with Crippen LogP contribution in [-0.2, 0) is 38.1 Å². The Labute approximate surface area is 335 Å². The van der Waals surface area contributed by atoms with E-state index in [4.69, 9.17) is 18.9 Å². The van der Waals surface area contributed by atoms with Gasteiger partial charge in [-0.3, -0.25) is 19.2 Å². The van der Waals surface area contributed by atoms with Crippen LogP contribution in [0, 0.1) is 11.8 Å². The van der Waals surface area contributed by atoms with Crippen molar-refractivity contribution in [2.24, 2.45) is 11.8 Å². The van der Waals surface area contributed by atoms with Gasteiger partial charge in [-0.25, -0.2) is 0 Å². The number of rotatable bonds is 32. The second-order valence-electron chi connectivity index (χ2n) is 16.5. The summed E-state index contributed by atoms with van der Waals surface area (Å²) in [5, 5.41) is 7.01. The van der Waals surface area contributed by atoms with Crippen molar-refractivity contribution in [1.82, 2.24) is 10.6 Å². The summed E-state index contributed by atoms with van der Waals surface area (Å²) in [6.07, 6.45) is 26.1. The van der Waals surface area contributed by atoms with Crippen molar-refractivity contribution >= 4 is 23.9 Å². The van der Waals surface area contributed by atoms with E-state index < -0.39 is 12.1 Å². The molecule has 2 atom stereocenters. The number of hydrogen-bond acceptors (Lipinski definition) is 10. The van der Waals surface area contributed by atoms with Crippen LogP contribution in [0.25, 0.3) is 0 Å². The highest BCUT2D eigenvalue weighted by Crippen LogP contribution is 2.36. The summed E-state index contributed by atoms with van der Waals surface area (Å²) < 4.78 is 22.2. The molecule has 2 rings (SSSR count). The Kier molecular flexibility index (Phi) is 28.3. The lowest BCUT2D eigenvalue weighted by molar-refractivity contribution is -0.153. The monoisotopic (exact) mass is 779 g/mol. The Morgan fingerprint density at radius 3 is 1.05 bits per heavy atom. The number of nitrogens with one attached hydrogen (secondary N) is 2. The summed E-state index contributed by atoms with van der Waals surface area (Å²) in [5.74, 6) is -0.0557. The smallest absolute Gasteiger partial charge is 0.323 e. The molecule has 2 N–H and O–H groups in total. The van der Waals surface area contributed by atoms with E-state index in [-0.39, 0.29) is 48.8 Å². The average Bonchev–Trinajstić information content (AvgIpc) is 3.18.